The van der Waals surface area contributed by atoms with Crippen LogP contribution in [-0.2, 0) is 13.5 Å². The number of hydrogen-bond acceptors (Lipinski definition) is 2. The summed E-state index contributed by atoms with van der Waals surface area (Å²) in [5, 5.41) is 8.67. The van der Waals surface area contributed by atoms with E-state index in [-0.39, 0.29) is 5.78 Å². The van der Waals surface area contributed by atoms with Crippen LogP contribution in [-0.4, -0.2) is 10.4 Å². The molecule has 0 aliphatic rings. The second-order valence-corrected chi connectivity index (χ2v) is 3.90. The molecule has 0 spiro atoms. The lowest BCUT2D eigenvalue weighted by Gasteiger charge is -2.03. The average molecular weight is 224 g/mol. The summed E-state index contributed by atoms with van der Waals surface area (Å²) in [6, 6.07) is 12.6. The topological polar surface area (TPSA) is 45.8 Å². The maximum atomic E-state index is 12.0. The number of Topliss-reactive ketones (excluding diaryl/α,β-unsaturated/α-hetero) is 1. The van der Waals surface area contributed by atoms with Crippen molar-refractivity contribution >= 4 is 5.78 Å². The molecule has 0 fully saturated rings. The van der Waals surface area contributed by atoms with E-state index in [2.05, 4.69) is 0 Å². The normalized spacial score (nSPS) is 9.88. The van der Waals surface area contributed by atoms with E-state index in [0.29, 0.717) is 17.5 Å². The van der Waals surface area contributed by atoms with Crippen LogP contribution >= 0.6 is 0 Å². The molecule has 0 N–H and O–H groups in total. The van der Waals surface area contributed by atoms with Crippen LogP contribution in [0.2, 0.25) is 0 Å². The van der Waals surface area contributed by atoms with E-state index >= 15 is 0 Å². The van der Waals surface area contributed by atoms with Crippen molar-refractivity contribution in [2.45, 2.75) is 6.42 Å². The molecular formula is C14H12N2O. The summed E-state index contributed by atoms with van der Waals surface area (Å²) in [5.41, 5.74) is 2.20. The number of nitriles is 1. The monoisotopic (exact) mass is 224 g/mol. The molecule has 0 aliphatic carbocycles. The largest absolute Gasteiger partial charge is 0.354 e. The third kappa shape index (κ3) is 2.43. The minimum atomic E-state index is 0.0660. The first-order chi connectivity index (χ1) is 8.20. The third-order valence-electron chi connectivity index (χ3n) is 2.73. The van der Waals surface area contributed by atoms with Crippen LogP contribution in [0.3, 0.4) is 0 Å². The summed E-state index contributed by atoms with van der Waals surface area (Å²) in [4.78, 5) is 12.0. The fraction of sp³-hybridized carbons (Fsp3) is 0.143. The van der Waals surface area contributed by atoms with E-state index in [9.17, 15) is 4.79 Å². The molecule has 1 aromatic carbocycles. The van der Waals surface area contributed by atoms with Crippen LogP contribution in [0.5, 0.6) is 0 Å². The van der Waals surface area contributed by atoms with Crippen molar-refractivity contribution in [3.8, 4) is 6.07 Å². The summed E-state index contributed by atoms with van der Waals surface area (Å²) in [6.45, 7) is 0. The number of nitrogens with zero attached hydrogens (tertiary/aromatic N) is 2. The Kier molecular flexibility index (Phi) is 3.06. The standard InChI is InChI=1S/C14H12N2O/c1-16-8-2-3-13(16)9-14(17)12-6-4-11(10-15)5-7-12/h2-8H,9H2,1H3. The molecule has 3 heteroatoms. The molecule has 0 saturated carbocycles. The van der Waals surface area contributed by atoms with Gasteiger partial charge in [0.25, 0.3) is 0 Å². The molecule has 2 aromatic rings. The molecule has 17 heavy (non-hydrogen) atoms. The molecule has 0 bridgehead atoms. The maximum absolute atomic E-state index is 12.0. The Morgan fingerprint density at radius 3 is 2.53 bits per heavy atom. The van der Waals surface area contributed by atoms with Gasteiger partial charge < -0.3 is 4.57 Å². The minimum Gasteiger partial charge on any atom is -0.354 e. The number of carbonyl (C=O) groups excluding carboxylic acids is 1. The summed E-state index contributed by atoms with van der Waals surface area (Å²) >= 11 is 0. The van der Waals surface area contributed by atoms with Gasteiger partial charge in [-0.2, -0.15) is 5.26 Å². The predicted molar refractivity (Wildman–Crippen MR) is 64.6 cm³/mol. The van der Waals surface area contributed by atoms with Crippen LogP contribution in [0.4, 0.5) is 0 Å². The summed E-state index contributed by atoms with van der Waals surface area (Å²) in [5.74, 6) is 0.0660. The minimum absolute atomic E-state index is 0.0660. The van der Waals surface area contributed by atoms with Crippen molar-refractivity contribution in [3.63, 3.8) is 0 Å². The lowest BCUT2D eigenvalue weighted by Crippen LogP contribution is -2.06. The zero-order chi connectivity index (χ0) is 12.3. The van der Waals surface area contributed by atoms with Crippen molar-refractivity contribution < 1.29 is 4.79 Å². The molecule has 0 atom stereocenters. The van der Waals surface area contributed by atoms with Gasteiger partial charge in [0.05, 0.1) is 18.1 Å². The highest BCUT2D eigenvalue weighted by Crippen LogP contribution is 2.09. The highest BCUT2D eigenvalue weighted by Gasteiger charge is 2.08. The first-order valence-corrected chi connectivity index (χ1v) is 5.34. The van der Waals surface area contributed by atoms with E-state index in [1.54, 1.807) is 24.3 Å². The van der Waals surface area contributed by atoms with Gasteiger partial charge in [0, 0.05) is 24.5 Å². The van der Waals surface area contributed by atoms with Gasteiger partial charge in [-0.1, -0.05) is 12.1 Å². The average Bonchev–Trinajstić information content (AvgIpc) is 2.75. The highest BCUT2D eigenvalue weighted by molar-refractivity contribution is 5.97. The van der Waals surface area contributed by atoms with Crippen molar-refractivity contribution in [1.82, 2.24) is 4.57 Å². The van der Waals surface area contributed by atoms with Gasteiger partial charge in [-0.05, 0) is 24.3 Å². The molecule has 1 aromatic heterocycles. The number of carbonyl (C=O) groups is 1. The predicted octanol–water partition coefficient (Wildman–Crippen LogP) is 2.32. The Morgan fingerprint density at radius 1 is 1.29 bits per heavy atom. The number of aryl methyl sites for hydroxylation is 1. The van der Waals surface area contributed by atoms with Crippen LogP contribution in [0.25, 0.3) is 0 Å². The van der Waals surface area contributed by atoms with Gasteiger partial charge in [-0.3, -0.25) is 4.79 Å². The second-order valence-electron chi connectivity index (χ2n) is 3.90. The molecule has 0 saturated heterocycles. The SMILES string of the molecule is Cn1cccc1CC(=O)c1ccc(C#N)cc1. The van der Waals surface area contributed by atoms with Crippen molar-refractivity contribution in [2.24, 2.45) is 7.05 Å². The highest BCUT2D eigenvalue weighted by atomic mass is 16.1. The smallest absolute Gasteiger partial charge is 0.168 e. The van der Waals surface area contributed by atoms with Gasteiger partial charge >= 0.3 is 0 Å². The molecule has 0 radical (unpaired) electrons. The molecule has 0 unspecified atom stereocenters. The Hall–Kier alpha value is -2.34. The Bertz CT molecular complexity index is 573. The summed E-state index contributed by atoms with van der Waals surface area (Å²) in [7, 11) is 1.92. The first kappa shape index (κ1) is 11.2. The van der Waals surface area contributed by atoms with Crippen LogP contribution < -0.4 is 0 Å². The molecule has 3 nitrogen and oxygen atoms in total. The van der Waals surface area contributed by atoms with Crippen molar-refractivity contribution in [2.75, 3.05) is 0 Å². The van der Waals surface area contributed by atoms with E-state index in [4.69, 9.17) is 5.26 Å². The van der Waals surface area contributed by atoms with E-state index in [1.807, 2.05) is 36.0 Å². The molecule has 1 heterocycles. The quantitative estimate of drug-likeness (QED) is 0.751. The summed E-state index contributed by atoms with van der Waals surface area (Å²) in [6.07, 6.45) is 2.30. The Morgan fingerprint density at radius 2 is 2.00 bits per heavy atom. The number of hydrogen-bond donors (Lipinski definition) is 0. The van der Waals surface area contributed by atoms with E-state index in [1.165, 1.54) is 0 Å². The second kappa shape index (κ2) is 4.67. The fourth-order valence-corrected chi connectivity index (χ4v) is 1.68. The molecule has 84 valence electrons. The Balaban J connectivity index is 2.15. The molecular weight excluding hydrogens is 212 g/mol. The molecule has 0 amide bonds. The number of aromatic nitrogens is 1. The molecule has 2 rings (SSSR count). The van der Waals surface area contributed by atoms with E-state index in [0.717, 1.165) is 5.69 Å². The third-order valence-corrected chi connectivity index (χ3v) is 2.73. The lowest BCUT2D eigenvalue weighted by atomic mass is 10.1. The first-order valence-electron chi connectivity index (χ1n) is 5.34. The zero-order valence-electron chi connectivity index (χ0n) is 9.55. The maximum Gasteiger partial charge on any atom is 0.168 e. The van der Waals surface area contributed by atoms with Crippen LogP contribution in [0, 0.1) is 11.3 Å². The van der Waals surface area contributed by atoms with Crippen molar-refractivity contribution in [3.05, 3.63) is 59.4 Å². The summed E-state index contributed by atoms with van der Waals surface area (Å²) < 4.78 is 1.93. The van der Waals surface area contributed by atoms with Gasteiger partial charge in [0.1, 0.15) is 0 Å². The number of rotatable bonds is 3. The van der Waals surface area contributed by atoms with Gasteiger partial charge in [-0.25, -0.2) is 0 Å². The lowest BCUT2D eigenvalue weighted by molar-refractivity contribution is 0.0991. The molecule has 0 aliphatic heterocycles. The van der Waals surface area contributed by atoms with Crippen molar-refractivity contribution in [1.29, 1.82) is 5.26 Å². The van der Waals surface area contributed by atoms with Gasteiger partial charge in [-0.15, -0.1) is 0 Å². The van der Waals surface area contributed by atoms with Gasteiger partial charge in [0.2, 0.25) is 0 Å². The van der Waals surface area contributed by atoms with E-state index < -0.39 is 0 Å². The fourth-order valence-electron chi connectivity index (χ4n) is 1.68. The number of ketones is 1. The van der Waals surface area contributed by atoms with Crippen LogP contribution in [0.15, 0.2) is 42.6 Å². The van der Waals surface area contributed by atoms with Crippen LogP contribution in [0.1, 0.15) is 21.6 Å². The number of benzene rings is 1. The Labute approximate surface area is 99.9 Å². The van der Waals surface area contributed by atoms with Gasteiger partial charge in [0.15, 0.2) is 5.78 Å². The zero-order valence-corrected chi connectivity index (χ0v) is 9.55.